The molecule has 0 atom stereocenters. The number of aromatic nitrogens is 1. The molecule has 0 bridgehead atoms. The zero-order valence-corrected chi connectivity index (χ0v) is 17.2. The van der Waals surface area contributed by atoms with Gasteiger partial charge < -0.3 is 15.0 Å². The molecule has 29 heavy (non-hydrogen) atoms. The van der Waals surface area contributed by atoms with Gasteiger partial charge in [0.05, 0.1) is 5.56 Å². The number of amides is 1. The third-order valence-corrected chi connectivity index (χ3v) is 5.06. The number of ether oxygens (including phenoxy) is 1. The predicted octanol–water partition coefficient (Wildman–Crippen LogP) is 5.88. The minimum absolute atomic E-state index is 0.410. The second-order valence-corrected chi connectivity index (χ2v) is 7.09. The highest BCUT2D eigenvalue weighted by Gasteiger charge is 2.24. The van der Waals surface area contributed by atoms with E-state index in [1.807, 2.05) is 67.6 Å². The molecule has 0 spiro atoms. The Morgan fingerprint density at radius 1 is 1.14 bits per heavy atom. The molecule has 0 unspecified atom stereocenters. The fraction of sp³-hybridized carbons (Fsp3) is 0.240. The summed E-state index contributed by atoms with van der Waals surface area (Å²) >= 11 is 0. The van der Waals surface area contributed by atoms with Crippen LogP contribution in [0.4, 0.5) is 0 Å². The number of nitrogens with zero attached hydrogens (tertiary/aromatic N) is 1. The van der Waals surface area contributed by atoms with Gasteiger partial charge in [-0.2, -0.15) is 0 Å². The average molecular weight is 389 g/mol. The van der Waals surface area contributed by atoms with Crippen LogP contribution in [0.25, 0.3) is 11.1 Å². The Morgan fingerprint density at radius 3 is 2.52 bits per heavy atom. The zero-order chi connectivity index (χ0) is 20.8. The van der Waals surface area contributed by atoms with Gasteiger partial charge in [0.25, 0.3) is 5.91 Å². The molecule has 4 heteroatoms. The molecule has 1 heterocycles. The maximum absolute atomic E-state index is 12.4. The molecule has 0 aliphatic carbocycles. The predicted molar refractivity (Wildman–Crippen MR) is 118 cm³/mol. The van der Waals surface area contributed by atoms with E-state index >= 15 is 0 Å². The summed E-state index contributed by atoms with van der Waals surface area (Å²) in [6, 6.07) is 17.5. The van der Waals surface area contributed by atoms with E-state index in [-0.39, 0.29) is 0 Å². The van der Waals surface area contributed by atoms with E-state index in [1.54, 1.807) is 0 Å². The number of primary amides is 1. The van der Waals surface area contributed by atoms with Crippen LogP contribution in [0.5, 0.6) is 11.5 Å². The van der Waals surface area contributed by atoms with Gasteiger partial charge in [-0.05, 0) is 49.6 Å². The first kappa shape index (κ1) is 20.5. The fourth-order valence-electron chi connectivity index (χ4n) is 3.73. The van der Waals surface area contributed by atoms with Crippen molar-refractivity contribution in [1.29, 1.82) is 0 Å². The molecule has 0 aliphatic rings. The fourth-order valence-corrected chi connectivity index (χ4v) is 3.73. The smallest absolute Gasteiger partial charge is 0.251 e. The lowest BCUT2D eigenvalue weighted by atomic mass is 9.97. The third kappa shape index (κ3) is 4.43. The van der Waals surface area contributed by atoms with Crippen LogP contribution in [0.2, 0.25) is 0 Å². The summed E-state index contributed by atoms with van der Waals surface area (Å²) < 4.78 is 8.16. The van der Waals surface area contributed by atoms with E-state index in [4.69, 9.17) is 10.5 Å². The van der Waals surface area contributed by atoms with Crippen LogP contribution < -0.4 is 10.5 Å². The Bertz CT molecular complexity index is 1000. The number of allylic oxidation sites excluding steroid dienone is 1. The molecule has 0 saturated heterocycles. The molecule has 4 nitrogen and oxygen atoms in total. The van der Waals surface area contributed by atoms with Crippen molar-refractivity contribution in [3.63, 3.8) is 0 Å². The summed E-state index contributed by atoms with van der Waals surface area (Å²) in [7, 11) is 0. The van der Waals surface area contributed by atoms with Crippen LogP contribution in [0.1, 0.15) is 41.5 Å². The summed E-state index contributed by atoms with van der Waals surface area (Å²) in [5, 5.41) is 0. The van der Waals surface area contributed by atoms with E-state index in [0.717, 1.165) is 53.3 Å². The first-order valence-corrected chi connectivity index (χ1v) is 10.0. The standard InChI is InChI=1S/C25H28N2O2/c1-4-6-15-22-24(23(25(26)28)18(3)27(22)16-5-2)19-11-10-14-21(17-19)29-20-12-8-7-9-13-20/h5,7-14,17H,2,4,6,15-16H2,1,3H3,(H2,26,28). The Balaban J connectivity index is 2.13. The lowest BCUT2D eigenvalue weighted by Gasteiger charge is -2.12. The first-order chi connectivity index (χ1) is 14.1. The Labute approximate surface area is 172 Å². The molecular weight excluding hydrogens is 360 g/mol. The third-order valence-electron chi connectivity index (χ3n) is 5.06. The monoisotopic (exact) mass is 388 g/mol. The van der Waals surface area contributed by atoms with Gasteiger partial charge in [-0.25, -0.2) is 0 Å². The summed E-state index contributed by atoms with van der Waals surface area (Å²) in [5.41, 5.74) is 10.2. The van der Waals surface area contributed by atoms with Crippen LogP contribution in [-0.2, 0) is 13.0 Å². The lowest BCUT2D eigenvalue weighted by Crippen LogP contribution is -2.13. The SMILES string of the molecule is C=CCn1c(C)c(C(N)=O)c(-c2cccc(Oc3ccccc3)c2)c1CCCC. The number of carbonyl (C=O) groups is 1. The molecule has 0 fully saturated rings. The van der Waals surface area contributed by atoms with Crippen molar-refractivity contribution < 1.29 is 9.53 Å². The van der Waals surface area contributed by atoms with E-state index in [0.29, 0.717) is 12.1 Å². The van der Waals surface area contributed by atoms with Gasteiger partial charge in [-0.15, -0.1) is 6.58 Å². The molecule has 1 aromatic heterocycles. The Kier molecular flexibility index (Phi) is 6.55. The summed E-state index contributed by atoms with van der Waals surface area (Å²) in [4.78, 5) is 12.4. The van der Waals surface area contributed by atoms with Gasteiger partial charge in [0.15, 0.2) is 0 Å². The molecular formula is C25H28N2O2. The van der Waals surface area contributed by atoms with Crippen molar-refractivity contribution in [3.05, 3.63) is 84.2 Å². The number of hydrogen-bond acceptors (Lipinski definition) is 2. The van der Waals surface area contributed by atoms with Crippen molar-refractivity contribution in [2.45, 2.75) is 39.7 Å². The van der Waals surface area contributed by atoms with Crippen LogP contribution in [0.3, 0.4) is 0 Å². The van der Waals surface area contributed by atoms with E-state index < -0.39 is 5.91 Å². The highest BCUT2D eigenvalue weighted by Crippen LogP contribution is 2.36. The van der Waals surface area contributed by atoms with E-state index in [9.17, 15) is 4.79 Å². The van der Waals surface area contributed by atoms with Crippen LogP contribution in [0.15, 0.2) is 67.3 Å². The minimum atomic E-state index is -0.410. The average Bonchev–Trinajstić information content (AvgIpc) is 2.99. The van der Waals surface area contributed by atoms with Gasteiger partial charge in [-0.3, -0.25) is 4.79 Å². The maximum Gasteiger partial charge on any atom is 0.251 e. The van der Waals surface area contributed by atoms with Gasteiger partial charge in [-0.1, -0.05) is 49.8 Å². The summed E-state index contributed by atoms with van der Waals surface area (Å²) in [6.45, 7) is 8.64. The van der Waals surface area contributed by atoms with Crippen molar-refractivity contribution >= 4 is 5.91 Å². The Morgan fingerprint density at radius 2 is 1.86 bits per heavy atom. The molecule has 1 amide bonds. The lowest BCUT2D eigenvalue weighted by molar-refractivity contribution is 0.1000. The molecule has 3 rings (SSSR count). The number of para-hydroxylation sites is 1. The van der Waals surface area contributed by atoms with Crippen molar-refractivity contribution in [3.8, 4) is 22.6 Å². The topological polar surface area (TPSA) is 57.2 Å². The molecule has 0 radical (unpaired) electrons. The second-order valence-electron chi connectivity index (χ2n) is 7.09. The van der Waals surface area contributed by atoms with E-state index in [1.165, 1.54) is 0 Å². The summed E-state index contributed by atoms with van der Waals surface area (Å²) in [6.07, 6.45) is 4.83. The largest absolute Gasteiger partial charge is 0.457 e. The van der Waals surface area contributed by atoms with Crippen LogP contribution >= 0.6 is 0 Å². The van der Waals surface area contributed by atoms with Gasteiger partial charge in [0, 0.05) is 23.5 Å². The highest BCUT2D eigenvalue weighted by molar-refractivity contribution is 6.02. The molecule has 2 N–H and O–H groups in total. The highest BCUT2D eigenvalue weighted by atomic mass is 16.5. The molecule has 3 aromatic rings. The first-order valence-electron chi connectivity index (χ1n) is 10.0. The minimum Gasteiger partial charge on any atom is -0.457 e. The normalized spacial score (nSPS) is 10.7. The Hall–Kier alpha value is -3.27. The number of nitrogens with two attached hydrogens (primary N) is 1. The number of carbonyl (C=O) groups excluding carboxylic acids is 1. The van der Waals surface area contributed by atoms with Crippen molar-refractivity contribution in [1.82, 2.24) is 4.57 Å². The maximum atomic E-state index is 12.4. The van der Waals surface area contributed by atoms with Gasteiger partial charge in [0.2, 0.25) is 0 Å². The van der Waals surface area contributed by atoms with Crippen LogP contribution in [0, 0.1) is 6.92 Å². The van der Waals surface area contributed by atoms with Gasteiger partial charge >= 0.3 is 0 Å². The zero-order valence-electron chi connectivity index (χ0n) is 17.2. The second kappa shape index (κ2) is 9.28. The van der Waals surface area contributed by atoms with Crippen LogP contribution in [-0.4, -0.2) is 10.5 Å². The number of benzene rings is 2. The van der Waals surface area contributed by atoms with Crippen molar-refractivity contribution in [2.75, 3.05) is 0 Å². The molecule has 0 saturated carbocycles. The van der Waals surface area contributed by atoms with E-state index in [2.05, 4.69) is 18.1 Å². The quantitative estimate of drug-likeness (QED) is 0.465. The van der Waals surface area contributed by atoms with Gasteiger partial charge in [0.1, 0.15) is 11.5 Å². The van der Waals surface area contributed by atoms with Crippen molar-refractivity contribution in [2.24, 2.45) is 5.73 Å². The summed E-state index contributed by atoms with van der Waals surface area (Å²) in [5.74, 6) is 1.08. The number of hydrogen-bond donors (Lipinski definition) is 1. The number of rotatable bonds is 9. The molecule has 150 valence electrons. The molecule has 0 aliphatic heterocycles. The number of unbranched alkanes of at least 4 members (excludes halogenated alkanes) is 1. The molecule has 2 aromatic carbocycles.